The molecule has 0 bridgehead atoms. The molecule has 0 aromatic heterocycles. The van der Waals surface area contributed by atoms with Gasteiger partial charge in [0, 0.05) is 0 Å². The topological polar surface area (TPSA) is 66.8 Å². The van der Waals surface area contributed by atoms with E-state index in [1.165, 1.54) is 19.3 Å². The molecule has 1 rings (SSSR count). The molecule has 1 aliphatic carbocycles. The van der Waals surface area contributed by atoms with E-state index in [0.29, 0.717) is 0 Å². The minimum absolute atomic E-state index is 0.153. The van der Waals surface area contributed by atoms with Crippen molar-refractivity contribution in [1.29, 1.82) is 0 Å². The molecule has 0 saturated carbocycles. The second-order valence-corrected chi connectivity index (χ2v) is 2.97. The number of esters is 1. The van der Waals surface area contributed by atoms with Gasteiger partial charge in [0.25, 0.3) is 0 Å². The predicted octanol–water partition coefficient (Wildman–Crippen LogP) is 0.538. The molecule has 0 spiro atoms. The van der Waals surface area contributed by atoms with Gasteiger partial charge in [0.15, 0.2) is 0 Å². The average molecular weight is 184 g/mol. The summed E-state index contributed by atoms with van der Waals surface area (Å²) in [4.78, 5) is 11.1. The third kappa shape index (κ3) is 1.89. The number of aliphatic hydroxyl groups is 2. The number of carbonyl (C=O) groups is 1. The van der Waals surface area contributed by atoms with E-state index >= 15 is 0 Å². The van der Waals surface area contributed by atoms with Crippen molar-refractivity contribution in [3.8, 4) is 0 Å². The van der Waals surface area contributed by atoms with Gasteiger partial charge in [-0.1, -0.05) is 6.08 Å². The van der Waals surface area contributed by atoms with Crippen LogP contribution in [0.4, 0.5) is 0 Å². The summed E-state index contributed by atoms with van der Waals surface area (Å²) in [5, 5.41) is 18.8. The molecular weight excluding hydrogens is 172 g/mol. The first-order valence-corrected chi connectivity index (χ1v) is 3.91. The number of methoxy groups -OCH3 is 1. The molecule has 0 saturated heterocycles. The highest BCUT2D eigenvalue weighted by molar-refractivity contribution is 5.77. The monoisotopic (exact) mass is 184 g/mol. The first kappa shape index (κ1) is 9.80. The third-order valence-electron chi connectivity index (χ3n) is 1.92. The first-order valence-electron chi connectivity index (χ1n) is 3.91. The highest BCUT2D eigenvalue weighted by Crippen LogP contribution is 2.23. The summed E-state index contributed by atoms with van der Waals surface area (Å²) < 4.78 is 4.44. The summed E-state index contributed by atoms with van der Waals surface area (Å²) in [5.41, 5.74) is 0.727. The van der Waals surface area contributed by atoms with Crippen molar-refractivity contribution in [2.24, 2.45) is 5.92 Å². The number of allylic oxidation sites excluding steroid dienone is 2. The number of ether oxygens (including phenoxy) is 1. The van der Waals surface area contributed by atoms with E-state index in [4.69, 9.17) is 0 Å². The number of hydrogen-bond donors (Lipinski definition) is 2. The van der Waals surface area contributed by atoms with Gasteiger partial charge in [-0.3, -0.25) is 4.79 Å². The lowest BCUT2D eigenvalue weighted by Gasteiger charge is -2.21. The van der Waals surface area contributed by atoms with Gasteiger partial charge in [-0.25, -0.2) is 0 Å². The second-order valence-electron chi connectivity index (χ2n) is 2.97. The van der Waals surface area contributed by atoms with Gasteiger partial charge in [0.05, 0.1) is 13.2 Å². The molecule has 0 amide bonds. The molecule has 2 N–H and O–H groups in total. The van der Waals surface area contributed by atoms with Gasteiger partial charge in [0.2, 0.25) is 0 Å². The maximum absolute atomic E-state index is 11.1. The van der Waals surface area contributed by atoms with Gasteiger partial charge < -0.3 is 14.9 Å². The molecule has 0 heterocycles. The maximum Gasteiger partial charge on any atom is 0.319 e. The van der Waals surface area contributed by atoms with Gasteiger partial charge in [-0.05, 0) is 18.6 Å². The Labute approximate surface area is 76.1 Å². The van der Waals surface area contributed by atoms with Crippen molar-refractivity contribution >= 4 is 5.97 Å². The van der Waals surface area contributed by atoms with Gasteiger partial charge >= 0.3 is 5.97 Å². The van der Waals surface area contributed by atoms with Crippen LogP contribution in [-0.4, -0.2) is 29.4 Å². The van der Waals surface area contributed by atoms with E-state index in [0.717, 1.165) is 5.57 Å². The van der Waals surface area contributed by atoms with Crippen molar-refractivity contribution in [2.45, 2.75) is 13.0 Å². The fraction of sp³-hybridized carbons (Fsp3) is 0.444. The fourth-order valence-electron chi connectivity index (χ4n) is 1.30. The molecule has 2 atom stereocenters. The molecule has 0 fully saturated rings. The molecule has 2 unspecified atom stereocenters. The molecule has 4 heteroatoms. The summed E-state index contributed by atoms with van der Waals surface area (Å²) in [5.74, 6) is -1.77. The van der Waals surface area contributed by atoms with Gasteiger partial charge in [0.1, 0.15) is 11.7 Å². The zero-order valence-corrected chi connectivity index (χ0v) is 7.52. The Kier molecular flexibility index (Phi) is 2.72. The van der Waals surface area contributed by atoms with Crippen molar-refractivity contribution in [3.05, 3.63) is 23.5 Å². The maximum atomic E-state index is 11.1. The highest BCUT2D eigenvalue weighted by Gasteiger charge is 2.32. The predicted molar refractivity (Wildman–Crippen MR) is 46.0 cm³/mol. The van der Waals surface area contributed by atoms with Crippen LogP contribution in [0, 0.1) is 5.92 Å². The first-order chi connectivity index (χ1) is 6.06. The van der Waals surface area contributed by atoms with Crippen LogP contribution in [0.25, 0.3) is 0 Å². The Balaban J connectivity index is 2.90. The van der Waals surface area contributed by atoms with Crippen molar-refractivity contribution in [3.63, 3.8) is 0 Å². The summed E-state index contributed by atoms with van der Waals surface area (Å²) >= 11 is 0. The molecule has 0 radical (unpaired) electrons. The Morgan fingerprint density at radius 1 is 1.62 bits per heavy atom. The number of carbonyl (C=O) groups excluding carboxylic acids is 1. The van der Waals surface area contributed by atoms with Gasteiger partial charge in [-0.15, -0.1) is 0 Å². The third-order valence-corrected chi connectivity index (χ3v) is 1.92. The van der Waals surface area contributed by atoms with Crippen LogP contribution >= 0.6 is 0 Å². The molecule has 13 heavy (non-hydrogen) atoms. The number of aliphatic hydroxyl groups excluding tert-OH is 2. The molecule has 0 aliphatic heterocycles. The second kappa shape index (κ2) is 3.62. The highest BCUT2D eigenvalue weighted by atomic mass is 16.5. The van der Waals surface area contributed by atoms with E-state index in [1.54, 1.807) is 6.92 Å². The van der Waals surface area contributed by atoms with Crippen molar-refractivity contribution < 1.29 is 19.7 Å². The Morgan fingerprint density at radius 3 is 2.69 bits per heavy atom. The summed E-state index contributed by atoms with van der Waals surface area (Å²) in [6, 6.07) is 0. The zero-order valence-electron chi connectivity index (χ0n) is 7.52. The Hall–Kier alpha value is -1.29. The molecule has 0 aromatic rings. The van der Waals surface area contributed by atoms with Crippen LogP contribution in [0.3, 0.4) is 0 Å². The minimum atomic E-state index is -1.00. The SMILES string of the molecule is COC(=O)C1C(O)=CC(C)=CC1O. The lowest BCUT2D eigenvalue weighted by molar-refractivity contribution is -0.147. The summed E-state index contributed by atoms with van der Waals surface area (Å²) in [7, 11) is 1.22. The lowest BCUT2D eigenvalue weighted by Crippen LogP contribution is -2.31. The molecule has 1 aliphatic rings. The average Bonchev–Trinajstić information content (AvgIpc) is 2.02. The van der Waals surface area contributed by atoms with Crippen LogP contribution in [-0.2, 0) is 9.53 Å². The van der Waals surface area contributed by atoms with Crippen LogP contribution in [0.5, 0.6) is 0 Å². The minimum Gasteiger partial charge on any atom is -0.511 e. The van der Waals surface area contributed by atoms with E-state index in [-0.39, 0.29) is 5.76 Å². The zero-order chi connectivity index (χ0) is 10.0. The lowest BCUT2D eigenvalue weighted by atomic mass is 9.92. The molecule has 4 nitrogen and oxygen atoms in total. The number of rotatable bonds is 1. The van der Waals surface area contributed by atoms with Crippen LogP contribution in [0.15, 0.2) is 23.5 Å². The Bertz CT molecular complexity index is 277. The normalized spacial score (nSPS) is 27.6. The largest absolute Gasteiger partial charge is 0.511 e. The molecule has 0 aromatic carbocycles. The van der Waals surface area contributed by atoms with E-state index < -0.39 is 18.0 Å². The number of hydrogen-bond acceptors (Lipinski definition) is 4. The van der Waals surface area contributed by atoms with E-state index in [1.807, 2.05) is 0 Å². The molecule has 72 valence electrons. The van der Waals surface area contributed by atoms with Crippen LogP contribution in [0.1, 0.15) is 6.92 Å². The van der Waals surface area contributed by atoms with Crippen LogP contribution in [0.2, 0.25) is 0 Å². The fourth-order valence-corrected chi connectivity index (χ4v) is 1.30. The standard InChI is InChI=1S/C9H12O4/c1-5-3-6(10)8(7(11)4-5)9(12)13-2/h3-4,6,8,10-11H,1-2H3. The Morgan fingerprint density at radius 2 is 2.23 bits per heavy atom. The quantitative estimate of drug-likeness (QED) is 0.583. The summed E-state index contributed by atoms with van der Waals surface area (Å²) in [6.45, 7) is 1.73. The molecular formula is C9H12O4. The van der Waals surface area contributed by atoms with Crippen molar-refractivity contribution in [1.82, 2.24) is 0 Å². The van der Waals surface area contributed by atoms with Crippen LogP contribution < -0.4 is 0 Å². The van der Waals surface area contributed by atoms with Gasteiger partial charge in [-0.2, -0.15) is 0 Å². The van der Waals surface area contributed by atoms with Crippen molar-refractivity contribution in [2.75, 3.05) is 7.11 Å². The van der Waals surface area contributed by atoms with E-state index in [9.17, 15) is 15.0 Å². The smallest absolute Gasteiger partial charge is 0.319 e. The summed E-state index contributed by atoms with van der Waals surface area (Å²) in [6.07, 6.45) is 1.94. The van der Waals surface area contributed by atoms with E-state index in [2.05, 4.69) is 4.74 Å².